The fourth-order valence-corrected chi connectivity index (χ4v) is 4.56. The summed E-state index contributed by atoms with van der Waals surface area (Å²) in [5.41, 5.74) is 3.39. The van der Waals surface area contributed by atoms with Crippen molar-refractivity contribution in [3.63, 3.8) is 0 Å². The van der Waals surface area contributed by atoms with Crippen molar-refractivity contribution in [3.05, 3.63) is 35.8 Å². The maximum Gasteiger partial charge on any atom is 0.219 e. The second-order valence-electron chi connectivity index (χ2n) is 7.26. The van der Waals surface area contributed by atoms with Crippen LogP contribution < -0.4 is 0 Å². The van der Waals surface area contributed by atoms with Gasteiger partial charge in [-0.15, -0.1) is 0 Å². The van der Waals surface area contributed by atoms with E-state index in [0.717, 1.165) is 43.8 Å². The van der Waals surface area contributed by atoms with Crippen molar-refractivity contribution >= 4 is 11.6 Å². The fourth-order valence-electron chi connectivity index (χ4n) is 4.56. The number of hydrogen-bond donors (Lipinski definition) is 0. The molecule has 2 aliphatic rings. The molecular weight excluding hydrogens is 300 g/mol. The van der Waals surface area contributed by atoms with Crippen molar-refractivity contribution in [2.24, 2.45) is 0 Å². The van der Waals surface area contributed by atoms with Gasteiger partial charge in [-0.25, -0.2) is 4.98 Å². The summed E-state index contributed by atoms with van der Waals surface area (Å²) in [6.45, 7) is 6.74. The summed E-state index contributed by atoms with van der Waals surface area (Å²) in [5, 5.41) is 0. The third kappa shape index (κ3) is 2.71. The van der Waals surface area contributed by atoms with Crippen molar-refractivity contribution in [2.45, 2.75) is 58.2 Å². The van der Waals surface area contributed by atoms with Crippen LogP contribution in [0, 0.1) is 6.92 Å². The molecule has 0 aliphatic carbocycles. The second kappa shape index (κ2) is 6.20. The maximum absolute atomic E-state index is 11.9. The summed E-state index contributed by atoms with van der Waals surface area (Å²) in [5.74, 6) is 0.229. The highest BCUT2D eigenvalue weighted by molar-refractivity contribution is 5.74. The van der Waals surface area contributed by atoms with E-state index in [-0.39, 0.29) is 5.91 Å². The maximum atomic E-state index is 11.9. The zero-order valence-corrected chi connectivity index (χ0v) is 14.6. The van der Waals surface area contributed by atoms with Gasteiger partial charge in [0, 0.05) is 44.5 Å². The Morgan fingerprint density at radius 2 is 2.04 bits per heavy atom. The normalized spacial score (nSPS) is 25.0. The Balaban J connectivity index is 1.54. The standard InChI is InChI=1S/C19H26N4O/c1-14-6-3-10-22-13-16(20-19(14)22)12-21-9-4-7-17(21)18-8-5-11-23(18)15(2)24/h3,6,10,13,17-18H,4-5,7-9,11-12H2,1-2H3. The number of carbonyl (C=O) groups is 1. The Morgan fingerprint density at radius 1 is 1.25 bits per heavy atom. The molecule has 0 bridgehead atoms. The molecule has 5 nitrogen and oxygen atoms in total. The Kier molecular flexibility index (Phi) is 4.04. The number of aryl methyl sites for hydroxylation is 1. The van der Waals surface area contributed by atoms with Crippen LogP contribution in [-0.2, 0) is 11.3 Å². The van der Waals surface area contributed by atoms with E-state index in [1.165, 1.54) is 18.4 Å². The van der Waals surface area contributed by atoms with E-state index in [9.17, 15) is 4.79 Å². The Morgan fingerprint density at radius 3 is 2.83 bits per heavy atom. The number of likely N-dealkylation sites (tertiary alicyclic amines) is 2. The molecule has 0 aromatic carbocycles. The summed E-state index contributed by atoms with van der Waals surface area (Å²) in [6.07, 6.45) is 8.91. The molecule has 2 atom stereocenters. The molecule has 0 radical (unpaired) electrons. The van der Waals surface area contributed by atoms with Gasteiger partial charge < -0.3 is 9.30 Å². The first-order valence-electron chi connectivity index (χ1n) is 9.08. The molecule has 2 aromatic heterocycles. The van der Waals surface area contributed by atoms with Gasteiger partial charge in [0.1, 0.15) is 5.65 Å². The molecule has 4 rings (SSSR count). The van der Waals surface area contributed by atoms with E-state index in [1.807, 2.05) is 0 Å². The average molecular weight is 326 g/mol. The van der Waals surface area contributed by atoms with Gasteiger partial charge in [0.2, 0.25) is 5.91 Å². The molecule has 0 saturated carbocycles. The third-order valence-electron chi connectivity index (χ3n) is 5.65. The van der Waals surface area contributed by atoms with Gasteiger partial charge in [-0.1, -0.05) is 6.07 Å². The number of hydrogen-bond acceptors (Lipinski definition) is 3. The number of pyridine rings is 1. The smallest absolute Gasteiger partial charge is 0.219 e. The fraction of sp³-hybridized carbons (Fsp3) is 0.579. The lowest BCUT2D eigenvalue weighted by Crippen LogP contribution is -2.47. The summed E-state index contributed by atoms with van der Waals surface area (Å²) >= 11 is 0. The van der Waals surface area contributed by atoms with Gasteiger partial charge in [0.15, 0.2) is 0 Å². The van der Waals surface area contributed by atoms with Gasteiger partial charge in [-0.2, -0.15) is 0 Å². The number of carbonyl (C=O) groups excluding carboxylic acids is 1. The quantitative estimate of drug-likeness (QED) is 0.870. The van der Waals surface area contributed by atoms with Crippen molar-refractivity contribution in [1.29, 1.82) is 0 Å². The number of amides is 1. The highest BCUT2D eigenvalue weighted by Crippen LogP contribution is 2.31. The molecule has 5 heteroatoms. The molecule has 2 aromatic rings. The summed E-state index contributed by atoms with van der Waals surface area (Å²) in [6, 6.07) is 5.05. The number of aromatic nitrogens is 2. The monoisotopic (exact) mass is 326 g/mol. The molecule has 0 N–H and O–H groups in total. The molecular formula is C19H26N4O. The van der Waals surface area contributed by atoms with Gasteiger partial charge in [0.25, 0.3) is 0 Å². The zero-order chi connectivity index (χ0) is 16.7. The highest BCUT2D eigenvalue weighted by atomic mass is 16.2. The number of imidazole rings is 1. The summed E-state index contributed by atoms with van der Waals surface area (Å²) < 4.78 is 2.12. The first-order chi connectivity index (χ1) is 11.6. The molecule has 128 valence electrons. The van der Waals surface area contributed by atoms with Crippen LogP contribution in [0.2, 0.25) is 0 Å². The summed E-state index contributed by atoms with van der Waals surface area (Å²) in [7, 11) is 0. The number of nitrogens with zero attached hydrogens (tertiary/aromatic N) is 4. The predicted molar refractivity (Wildman–Crippen MR) is 93.8 cm³/mol. The lowest BCUT2D eigenvalue weighted by atomic mass is 10.0. The first-order valence-corrected chi connectivity index (χ1v) is 9.08. The minimum Gasteiger partial charge on any atom is -0.338 e. The van der Waals surface area contributed by atoms with Crippen LogP contribution in [-0.4, -0.2) is 50.3 Å². The zero-order valence-electron chi connectivity index (χ0n) is 14.6. The van der Waals surface area contributed by atoms with Crippen LogP contribution in [0.3, 0.4) is 0 Å². The number of fused-ring (bicyclic) bond motifs is 1. The van der Waals surface area contributed by atoms with Crippen LogP contribution >= 0.6 is 0 Å². The molecule has 24 heavy (non-hydrogen) atoms. The topological polar surface area (TPSA) is 40.9 Å². The minimum atomic E-state index is 0.229. The predicted octanol–water partition coefficient (Wildman–Crippen LogP) is 2.62. The molecule has 0 spiro atoms. The van der Waals surface area contributed by atoms with Gasteiger partial charge in [-0.05, 0) is 50.8 Å². The lowest BCUT2D eigenvalue weighted by molar-refractivity contribution is -0.130. The molecule has 1 amide bonds. The van der Waals surface area contributed by atoms with Crippen LogP contribution in [0.1, 0.15) is 43.9 Å². The van der Waals surface area contributed by atoms with E-state index in [2.05, 4.69) is 45.7 Å². The van der Waals surface area contributed by atoms with Gasteiger partial charge in [-0.3, -0.25) is 9.69 Å². The van der Waals surface area contributed by atoms with Crippen LogP contribution in [0.5, 0.6) is 0 Å². The summed E-state index contributed by atoms with van der Waals surface area (Å²) in [4.78, 5) is 21.4. The van der Waals surface area contributed by atoms with Crippen molar-refractivity contribution in [3.8, 4) is 0 Å². The first kappa shape index (κ1) is 15.6. The van der Waals surface area contributed by atoms with Crippen LogP contribution in [0.4, 0.5) is 0 Å². The van der Waals surface area contributed by atoms with Gasteiger partial charge in [0.05, 0.1) is 5.69 Å². The van der Waals surface area contributed by atoms with Crippen molar-refractivity contribution in [1.82, 2.24) is 19.2 Å². The van der Waals surface area contributed by atoms with Crippen LogP contribution in [0.15, 0.2) is 24.5 Å². The largest absolute Gasteiger partial charge is 0.338 e. The van der Waals surface area contributed by atoms with E-state index >= 15 is 0 Å². The highest BCUT2D eigenvalue weighted by Gasteiger charge is 2.38. The van der Waals surface area contributed by atoms with E-state index in [0.29, 0.717) is 12.1 Å². The van der Waals surface area contributed by atoms with E-state index in [1.54, 1.807) is 6.92 Å². The van der Waals surface area contributed by atoms with Crippen molar-refractivity contribution in [2.75, 3.05) is 13.1 Å². The molecule has 2 fully saturated rings. The lowest BCUT2D eigenvalue weighted by Gasteiger charge is -2.34. The SMILES string of the molecule is CC(=O)N1CCCC1C1CCCN1Cc1cn2cccc(C)c2n1. The van der Waals surface area contributed by atoms with E-state index in [4.69, 9.17) is 4.98 Å². The molecule has 2 saturated heterocycles. The average Bonchev–Trinajstić information content (AvgIpc) is 3.25. The number of rotatable bonds is 3. The Bertz CT molecular complexity index is 753. The van der Waals surface area contributed by atoms with Crippen molar-refractivity contribution < 1.29 is 4.79 Å². The minimum absolute atomic E-state index is 0.229. The molecule has 2 aliphatic heterocycles. The second-order valence-corrected chi connectivity index (χ2v) is 7.26. The Labute approximate surface area is 143 Å². The third-order valence-corrected chi connectivity index (χ3v) is 5.65. The Hall–Kier alpha value is -1.88. The van der Waals surface area contributed by atoms with Gasteiger partial charge >= 0.3 is 0 Å². The van der Waals surface area contributed by atoms with Crippen LogP contribution in [0.25, 0.3) is 5.65 Å². The molecule has 2 unspecified atom stereocenters. The van der Waals surface area contributed by atoms with E-state index < -0.39 is 0 Å². The molecule has 4 heterocycles.